The highest BCUT2D eigenvalue weighted by atomic mass is 16.5. The standard InChI is InChI=1S/C22H27NO2/c1-17-7-6-14-23(16-17)22(24)15-21(18-8-4-3-5-9-18)19-10-12-20(25-2)13-11-19/h3-5,8-13,17,21H,6-7,14-16H2,1-2H3. The average molecular weight is 337 g/mol. The highest BCUT2D eigenvalue weighted by molar-refractivity contribution is 5.78. The van der Waals surface area contributed by atoms with E-state index in [1.165, 1.54) is 12.0 Å². The summed E-state index contributed by atoms with van der Waals surface area (Å²) in [6, 6.07) is 18.4. The van der Waals surface area contributed by atoms with Crippen LogP contribution in [0.3, 0.4) is 0 Å². The molecule has 1 saturated heterocycles. The van der Waals surface area contributed by atoms with Gasteiger partial charge in [-0.1, -0.05) is 49.4 Å². The van der Waals surface area contributed by atoms with Gasteiger partial charge in [0.2, 0.25) is 5.91 Å². The third-order valence-electron chi connectivity index (χ3n) is 5.11. The van der Waals surface area contributed by atoms with Gasteiger partial charge in [-0.25, -0.2) is 0 Å². The normalized spacial score (nSPS) is 18.6. The summed E-state index contributed by atoms with van der Waals surface area (Å²) in [5.74, 6) is 1.79. The van der Waals surface area contributed by atoms with Crippen molar-refractivity contribution in [1.82, 2.24) is 4.90 Å². The zero-order valence-corrected chi connectivity index (χ0v) is 15.2. The highest BCUT2D eigenvalue weighted by Gasteiger charge is 2.25. The van der Waals surface area contributed by atoms with E-state index in [-0.39, 0.29) is 11.8 Å². The number of ether oxygens (including phenoxy) is 1. The molecular formula is C22H27NO2. The summed E-state index contributed by atoms with van der Waals surface area (Å²) in [5.41, 5.74) is 2.34. The molecule has 1 fully saturated rings. The van der Waals surface area contributed by atoms with E-state index in [2.05, 4.69) is 31.2 Å². The predicted molar refractivity (Wildman–Crippen MR) is 101 cm³/mol. The Morgan fingerprint density at radius 3 is 2.44 bits per heavy atom. The maximum atomic E-state index is 12.9. The van der Waals surface area contributed by atoms with Crippen LogP contribution >= 0.6 is 0 Å². The summed E-state index contributed by atoms with van der Waals surface area (Å²) in [6.45, 7) is 4.02. The Kier molecular flexibility index (Phi) is 5.75. The number of benzene rings is 2. The van der Waals surface area contributed by atoms with Crippen molar-refractivity contribution in [1.29, 1.82) is 0 Å². The number of piperidine rings is 1. The molecule has 0 bridgehead atoms. The number of likely N-dealkylation sites (tertiary alicyclic amines) is 1. The molecule has 3 heteroatoms. The number of carbonyl (C=O) groups is 1. The lowest BCUT2D eigenvalue weighted by Gasteiger charge is -2.32. The van der Waals surface area contributed by atoms with Crippen molar-refractivity contribution in [2.24, 2.45) is 5.92 Å². The topological polar surface area (TPSA) is 29.5 Å². The first-order chi connectivity index (χ1) is 12.2. The number of carbonyl (C=O) groups excluding carboxylic acids is 1. The van der Waals surface area contributed by atoms with Crippen LogP contribution in [-0.2, 0) is 4.79 Å². The van der Waals surface area contributed by atoms with E-state index in [1.54, 1.807) is 7.11 Å². The summed E-state index contributed by atoms with van der Waals surface area (Å²) in [4.78, 5) is 15.0. The van der Waals surface area contributed by atoms with Gasteiger partial charge in [0.15, 0.2) is 0 Å². The molecule has 2 aromatic carbocycles. The van der Waals surface area contributed by atoms with Crippen molar-refractivity contribution < 1.29 is 9.53 Å². The van der Waals surface area contributed by atoms with Crippen molar-refractivity contribution in [3.05, 3.63) is 65.7 Å². The second-order valence-electron chi connectivity index (χ2n) is 7.03. The van der Waals surface area contributed by atoms with Crippen molar-refractivity contribution >= 4 is 5.91 Å². The minimum Gasteiger partial charge on any atom is -0.497 e. The highest BCUT2D eigenvalue weighted by Crippen LogP contribution is 2.30. The maximum Gasteiger partial charge on any atom is 0.223 e. The summed E-state index contributed by atoms with van der Waals surface area (Å²) in [5, 5.41) is 0. The lowest BCUT2D eigenvalue weighted by atomic mass is 9.87. The second-order valence-corrected chi connectivity index (χ2v) is 7.03. The van der Waals surface area contributed by atoms with Gasteiger partial charge >= 0.3 is 0 Å². The Morgan fingerprint density at radius 2 is 1.80 bits per heavy atom. The largest absolute Gasteiger partial charge is 0.497 e. The van der Waals surface area contributed by atoms with E-state index in [0.29, 0.717) is 12.3 Å². The summed E-state index contributed by atoms with van der Waals surface area (Å²) >= 11 is 0. The van der Waals surface area contributed by atoms with Gasteiger partial charge < -0.3 is 9.64 Å². The monoisotopic (exact) mass is 337 g/mol. The quantitative estimate of drug-likeness (QED) is 0.805. The van der Waals surface area contributed by atoms with E-state index in [4.69, 9.17) is 4.74 Å². The SMILES string of the molecule is COc1ccc(C(CC(=O)N2CCCC(C)C2)c2ccccc2)cc1. The molecule has 1 aliphatic heterocycles. The maximum absolute atomic E-state index is 12.9. The van der Waals surface area contributed by atoms with E-state index in [1.807, 2.05) is 35.2 Å². The zero-order valence-electron chi connectivity index (χ0n) is 15.2. The summed E-state index contributed by atoms with van der Waals surface area (Å²) in [6.07, 6.45) is 2.86. The summed E-state index contributed by atoms with van der Waals surface area (Å²) < 4.78 is 5.27. The molecule has 0 radical (unpaired) electrons. The molecule has 0 saturated carbocycles. The molecule has 3 rings (SSSR count). The van der Waals surface area contributed by atoms with Gasteiger partial charge in [-0.05, 0) is 42.0 Å². The van der Waals surface area contributed by atoms with Gasteiger partial charge in [0.05, 0.1) is 7.11 Å². The van der Waals surface area contributed by atoms with Crippen molar-refractivity contribution in [3.63, 3.8) is 0 Å². The molecule has 0 spiro atoms. The lowest BCUT2D eigenvalue weighted by Crippen LogP contribution is -2.39. The minimum atomic E-state index is 0.0804. The Bertz CT molecular complexity index is 681. The molecule has 2 unspecified atom stereocenters. The zero-order chi connectivity index (χ0) is 17.6. The molecule has 1 amide bonds. The van der Waals surface area contributed by atoms with Crippen LogP contribution in [0.1, 0.15) is 43.2 Å². The van der Waals surface area contributed by atoms with Crippen LogP contribution in [0, 0.1) is 5.92 Å². The van der Waals surface area contributed by atoms with Crippen molar-refractivity contribution in [2.45, 2.75) is 32.1 Å². The fourth-order valence-electron chi connectivity index (χ4n) is 3.67. The Balaban J connectivity index is 1.82. The fourth-order valence-corrected chi connectivity index (χ4v) is 3.67. The first-order valence-corrected chi connectivity index (χ1v) is 9.14. The van der Waals surface area contributed by atoms with E-state index in [9.17, 15) is 4.79 Å². The van der Waals surface area contributed by atoms with E-state index < -0.39 is 0 Å². The predicted octanol–water partition coefficient (Wildman–Crippen LogP) is 4.48. The molecule has 0 aliphatic carbocycles. The van der Waals surface area contributed by atoms with Gasteiger partial charge in [0, 0.05) is 25.4 Å². The van der Waals surface area contributed by atoms with Crippen LogP contribution in [0.4, 0.5) is 0 Å². The van der Waals surface area contributed by atoms with Crippen LogP contribution in [0.2, 0.25) is 0 Å². The average Bonchev–Trinajstić information content (AvgIpc) is 2.67. The number of methoxy groups -OCH3 is 1. The number of rotatable bonds is 5. The number of hydrogen-bond acceptors (Lipinski definition) is 2. The molecule has 0 aromatic heterocycles. The van der Waals surface area contributed by atoms with Crippen molar-refractivity contribution in [3.8, 4) is 5.75 Å². The Morgan fingerprint density at radius 1 is 1.12 bits per heavy atom. The van der Waals surface area contributed by atoms with E-state index in [0.717, 1.165) is 30.8 Å². The van der Waals surface area contributed by atoms with Crippen LogP contribution in [0.5, 0.6) is 5.75 Å². The molecule has 2 atom stereocenters. The Hall–Kier alpha value is -2.29. The van der Waals surface area contributed by atoms with Crippen LogP contribution in [0.15, 0.2) is 54.6 Å². The molecule has 1 heterocycles. The molecule has 132 valence electrons. The van der Waals surface area contributed by atoms with Crippen LogP contribution in [-0.4, -0.2) is 31.0 Å². The van der Waals surface area contributed by atoms with Gasteiger partial charge in [-0.2, -0.15) is 0 Å². The smallest absolute Gasteiger partial charge is 0.223 e. The molecule has 2 aromatic rings. The molecule has 3 nitrogen and oxygen atoms in total. The van der Waals surface area contributed by atoms with Crippen LogP contribution < -0.4 is 4.74 Å². The Labute approximate surface area is 150 Å². The third kappa shape index (κ3) is 4.41. The van der Waals surface area contributed by atoms with Gasteiger partial charge in [-0.3, -0.25) is 4.79 Å². The third-order valence-corrected chi connectivity index (χ3v) is 5.11. The van der Waals surface area contributed by atoms with Gasteiger partial charge in [-0.15, -0.1) is 0 Å². The minimum absolute atomic E-state index is 0.0804. The van der Waals surface area contributed by atoms with Crippen molar-refractivity contribution in [2.75, 3.05) is 20.2 Å². The van der Waals surface area contributed by atoms with Gasteiger partial charge in [0.1, 0.15) is 5.75 Å². The number of hydrogen-bond donors (Lipinski definition) is 0. The number of nitrogens with zero attached hydrogens (tertiary/aromatic N) is 1. The van der Waals surface area contributed by atoms with Gasteiger partial charge in [0.25, 0.3) is 0 Å². The molecular weight excluding hydrogens is 310 g/mol. The fraction of sp³-hybridized carbons (Fsp3) is 0.409. The number of amides is 1. The van der Waals surface area contributed by atoms with E-state index >= 15 is 0 Å². The molecule has 25 heavy (non-hydrogen) atoms. The first-order valence-electron chi connectivity index (χ1n) is 9.14. The van der Waals surface area contributed by atoms with Crippen LogP contribution in [0.25, 0.3) is 0 Å². The molecule has 0 N–H and O–H groups in total. The lowest BCUT2D eigenvalue weighted by molar-refractivity contribution is -0.133. The first kappa shape index (κ1) is 17.5. The summed E-state index contributed by atoms with van der Waals surface area (Å²) in [7, 11) is 1.67. The molecule has 1 aliphatic rings. The second kappa shape index (κ2) is 8.19.